The zero-order valence-electron chi connectivity index (χ0n) is 20.0. The highest BCUT2D eigenvalue weighted by atomic mass is 79.9. The first-order valence-electron chi connectivity index (χ1n) is 11.0. The average Bonchev–Trinajstić information content (AvgIpc) is 2.83. The number of nitrogens with zero attached hydrogens (tertiary/aromatic N) is 1. The number of barbiturate groups is 1. The van der Waals surface area contributed by atoms with Gasteiger partial charge in [0, 0.05) is 15.6 Å². The van der Waals surface area contributed by atoms with Crippen LogP contribution in [-0.2, 0) is 16.2 Å². The number of imide groups is 2. The largest absolute Gasteiger partial charge is 0.493 e. The highest BCUT2D eigenvalue weighted by Gasteiger charge is 2.37. The molecule has 7 nitrogen and oxygen atoms in total. The minimum absolute atomic E-state index is 0.152. The van der Waals surface area contributed by atoms with E-state index in [0.717, 1.165) is 21.6 Å². The summed E-state index contributed by atoms with van der Waals surface area (Å²) in [6, 6.07) is 13.0. The molecule has 0 saturated carbocycles. The van der Waals surface area contributed by atoms with E-state index in [0.29, 0.717) is 37.3 Å². The van der Waals surface area contributed by atoms with Crippen LogP contribution in [0.25, 0.3) is 6.08 Å². The lowest BCUT2D eigenvalue weighted by atomic mass is 10.0. The number of anilines is 1. The number of urea groups is 1. The number of amides is 4. The van der Waals surface area contributed by atoms with Crippen molar-refractivity contribution in [2.75, 3.05) is 12.0 Å². The molecule has 4 amide bonds. The molecule has 3 aromatic rings. The van der Waals surface area contributed by atoms with E-state index in [1.165, 1.54) is 13.2 Å². The van der Waals surface area contributed by atoms with Crippen LogP contribution in [-0.4, -0.2) is 25.0 Å². The molecule has 0 unspecified atom stereocenters. The maximum atomic E-state index is 13.3. The van der Waals surface area contributed by atoms with Gasteiger partial charge in [-0.1, -0.05) is 41.4 Å². The third-order valence-corrected chi connectivity index (χ3v) is 6.83. The van der Waals surface area contributed by atoms with Gasteiger partial charge in [-0.2, -0.15) is 0 Å². The molecule has 0 atom stereocenters. The van der Waals surface area contributed by atoms with Crippen molar-refractivity contribution in [3.63, 3.8) is 0 Å². The van der Waals surface area contributed by atoms with Gasteiger partial charge in [0.2, 0.25) is 0 Å². The predicted octanol–water partition coefficient (Wildman–Crippen LogP) is 6.63. The molecule has 1 aliphatic heterocycles. The van der Waals surface area contributed by atoms with Crippen LogP contribution >= 0.6 is 39.1 Å². The summed E-state index contributed by atoms with van der Waals surface area (Å²) in [5.41, 5.74) is 3.00. The van der Waals surface area contributed by atoms with Crippen LogP contribution in [0.3, 0.4) is 0 Å². The van der Waals surface area contributed by atoms with Crippen LogP contribution in [0.15, 0.2) is 58.6 Å². The maximum Gasteiger partial charge on any atom is 0.335 e. The van der Waals surface area contributed by atoms with Gasteiger partial charge < -0.3 is 9.47 Å². The van der Waals surface area contributed by atoms with Gasteiger partial charge in [-0.15, -0.1) is 0 Å². The lowest BCUT2D eigenvalue weighted by Gasteiger charge is -2.28. The third-order valence-electron chi connectivity index (χ3n) is 5.66. The van der Waals surface area contributed by atoms with Crippen molar-refractivity contribution in [3.05, 3.63) is 90.9 Å². The lowest BCUT2D eigenvalue weighted by molar-refractivity contribution is -0.122. The number of hydrogen-bond acceptors (Lipinski definition) is 5. The minimum atomic E-state index is -0.802. The lowest BCUT2D eigenvalue weighted by Crippen LogP contribution is -2.54. The summed E-state index contributed by atoms with van der Waals surface area (Å²) < 4.78 is 12.0. The summed E-state index contributed by atoms with van der Waals surface area (Å²) in [6.45, 7) is 3.79. The summed E-state index contributed by atoms with van der Waals surface area (Å²) in [4.78, 5) is 39.5. The quantitative estimate of drug-likeness (QED) is 0.253. The molecule has 0 aromatic heterocycles. The number of carbonyl (C=O) groups is 3. The molecular weight excluding hydrogens is 583 g/mol. The fourth-order valence-electron chi connectivity index (χ4n) is 3.76. The molecule has 0 radical (unpaired) electrons. The standard InChI is InChI=1S/C27H21BrCl2N2O5/c1-14-4-5-15(2)22(8-14)32-26(34)19(25(33)31-27(32)35)9-16-10-20(28)24(23(11-16)36-3)37-13-17-6-7-18(29)12-21(17)30/h4-12H,13H2,1-3H3,(H,31,33,35)/b19-9+. The van der Waals surface area contributed by atoms with Crippen molar-refractivity contribution >= 4 is 68.7 Å². The molecule has 0 bridgehead atoms. The monoisotopic (exact) mass is 602 g/mol. The number of aryl methyl sites for hydroxylation is 2. The van der Waals surface area contributed by atoms with E-state index in [4.69, 9.17) is 32.7 Å². The Morgan fingerprint density at radius 2 is 1.78 bits per heavy atom. The van der Waals surface area contributed by atoms with Crippen molar-refractivity contribution in [2.45, 2.75) is 20.5 Å². The number of carbonyl (C=O) groups excluding carboxylic acids is 3. The van der Waals surface area contributed by atoms with Crippen molar-refractivity contribution < 1.29 is 23.9 Å². The van der Waals surface area contributed by atoms with Crippen molar-refractivity contribution in [3.8, 4) is 11.5 Å². The first-order valence-corrected chi connectivity index (χ1v) is 12.6. The van der Waals surface area contributed by atoms with Crippen LogP contribution in [0.1, 0.15) is 22.3 Å². The van der Waals surface area contributed by atoms with Crippen LogP contribution in [0.2, 0.25) is 10.0 Å². The van der Waals surface area contributed by atoms with E-state index in [2.05, 4.69) is 21.2 Å². The van der Waals surface area contributed by atoms with Gasteiger partial charge in [0.25, 0.3) is 11.8 Å². The van der Waals surface area contributed by atoms with E-state index < -0.39 is 17.8 Å². The third kappa shape index (κ3) is 5.66. The van der Waals surface area contributed by atoms with Crippen LogP contribution in [0, 0.1) is 13.8 Å². The normalized spacial score (nSPS) is 14.7. The average molecular weight is 604 g/mol. The maximum absolute atomic E-state index is 13.3. The molecule has 0 aliphatic carbocycles. The van der Waals surface area contributed by atoms with E-state index in [1.807, 2.05) is 19.1 Å². The number of hydrogen-bond donors (Lipinski definition) is 1. The minimum Gasteiger partial charge on any atom is -0.493 e. The van der Waals surface area contributed by atoms with E-state index >= 15 is 0 Å². The van der Waals surface area contributed by atoms with Gasteiger partial charge in [0.1, 0.15) is 12.2 Å². The molecule has 37 heavy (non-hydrogen) atoms. The summed E-state index contributed by atoms with van der Waals surface area (Å²) in [6.07, 6.45) is 1.40. The summed E-state index contributed by atoms with van der Waals surface area (Å²) in [7, 11) is 1.47. The highest BCUT2D eigenvalue weighted by molar-refractivity contribution is 9.10. The van der Waals surface area contributed by atoms with Crippen molar-refractivity contribution in [2.24, 2.45) is 0 Å². The number of nitrogens with one attached hydrogen (secondary N) is 1. The SMILES string of the molecule is COc1cc(/C=C2\C(=O)NC(=O)N(c3cc(C)ccc3C)C2=O)cc(Br)c1OCc1ccc(Cl)cc1Cl. The zero-order valence-corrected chi connectivity index (χ0v) is 23.1. The Bertz CT molecular complexity index is 1470. The second-order valence-electron chi connectivity index (χ2n) is 8.31. The summed E-state index contributed by atoms with van der Waals surface area (Å²) >= 11 is 15.7. The Labute approximate surface area is 232 Å². The van der Waals surface area contributed by atoms with Gasteiger partial charge in [-0.05, 0) is 82.9 Å². The molecule has 4 rings (SSSR count). The number of rotatable bonds is 6. The topological polar surface area (TPSA) is 84.9 Å². The van der Waals surface area contributed by atoms with E-state index in [9.17, 15) is 14.4 Å². The Morgan fingerprint density at radius 1 is 1.03 bits per heavy atom. The summed E-state index contributed by atoms with van der Waals surface area (Å²) in [5.74, 6) is -0.751. The second-order valence-corrected chi connectivity index (χ2v) is 10.0. The van der Waals surface area contributed by atoms with Gasteiger partial charge in [-0.3, -0.25) is 14.9 Å². The zero-order chi connectivity index (χ0) is 26.9. The molecule has 1 aliphatic rings. The van der Waals surface area contributed by atoms with E-state index in [1.54, 1.807) is 43.3 Å². The number of methoxy groups -OCH3 is 1. The van der Waals surface area contributed by atoms with E-state index in [-0.39, 0.29) is 12.2 Å². The van der Waals surface area contributed by atoms with Crippen LogP contribution in [0.5, 0.6) is 11.5 Å². The predicted molar refractivity (Wildman–Crippen MR) is 146 cm³/mol. The molecule has 3 aromatic carbocycles. The number of benzene rings is 3. The number of ether oxygens (including phenoxy) is 2. The molecule has 0 spiro atoms. The Hall–Kier alpha value is -3.33. The van der Waals surface area contributed by atoms with Gasteiger partial charge in [-0.25, -0.2) is 9.69 Å². The summed E-state index contributed by atoms with van der Waals surface area (Å²) in [5, 5.41) is 3.23. The molecule has 1 saturated heterocycles. The van der Waals surface area contributed by atoms with Crippen LogP contribution in [0.4, 0.5) is 10.5 Å². The first kappa shape index (κ1) is 26.7. The van der Waals surface area contributed by atoms with Crippen LogP contribution < -0.4 is 19.7 Å². The highest BCUT2D eigenvalue weighted by Crippen LogP contribution is 2.38. The Morgan fingerprint density at radius 3 is 2.49 bits per heavy atom. The van der Waals surface area contributed by atoms with Crippen molar-refractivity contribution in [1.82, 2.24) is 5.32 Å². The molecule has 1 fully saturated rings. The van der Waals surface area contributed by atoms with Gasteiger partial charge >= 0.3 is 6.03 Å². The van der Waals surface area contributed by atoms with Gasteiger partial charge in [0.15, 0.2) is 11.5 Å². The van der Waals surface area contributed by atoms with Crippen molar-refractivity contribution in [1.29, 1.82) is 0 Å². The molecule has 1 heterocycles. The smallest absolute Gasteiger partial charge is 0.335 e. The number of halogens is 3. The molecule has 10 heteroatoms. The fourth-order valence-corrected chi connectivity index (χ4v) is 4.79. The Balaban J connectivity index is 1.66. The fraction of sp³-hybridized carbons (Fsp3) is 0.148. The van der Waals surface area contributed by atoms with Gasteiger partial charge in [0.05, 0.1) is 17.3 Å². The Kier molecular flexibility index (Phi) is 7.92. The first-order chi connectivity index (χ1) is 17.6. The molecule has 1 N–H and O–H groups in total. The second kappa shape index (κ2) is 11.0. The molecule has 190 valence electrons. The molecular formula is C27H21BrCl2N2O5.